The van der Waals surface area contributed by atoms with Gasteiger partial charge in [-0.2, -0.15) is 4.31 Å². The highest BCUT2D eigenvalue weighted by atomic mass is 35.5. The van der Waals surface area contributed by atoms with Crippen molar-refractivity contribution >= 4 is 33.2 Å². The van der Waals surface area contributed by atoms with Crippen molar-refractivity contribution in [2.75, 3.05) is 38.5 Å². The van der Waals surface area contributed by atoms with E-state index in [0.29, 0.717) is 29.6 Å². The van der Waals surface area contributed by atoms with E-state index in [1.807, 2.05) is 19.1 Å². The van der Waals surface area contributed by atoms with Gasteiger partial charge in [-0.15, -0.1) is 0 Å². The number of nitrogens with zero attached hydrogens (tertiary/aromatic N) is 2. The molecule has 0 aliphatic carbocycles. The fourth-order valence-corrected chi connectivity index (χ4v) is 4.62. The van der Waals surface area contributed by atoms with E-state index in [1.165, 1.54) is 0 Å². The zero-order valence-corrected chi connectivity index (χ0v) is 15.1. The van der Waals surface area contributed by atoms with Crippen molar-refractivity contribution in [1.82, 2.24) is 9.21 Å². The predicted octanol–water partition coefficient (Wildman–Crippen LogP) is 2.89. The molecule has 1 fully saturated rings. The highest BCUT2D eigenvalue weighted by Gasteiger charge is 2.25. The molecule has 0 saturated carbocycles. The largest absolute Gasteiger partial charge is 0.300 e. The van der Waals surface area contributed by atoms with E-state index in [0.717, 1.165) is 31.6 Å². The summed E-state index contributed by atoms with van der Waals surface area (Å²) in [6.45, 7) is 5.47. The molecule has 0 aromatic heterocycles. The zero-order valence-electron chi connectivity index (χ0n) is 12.8. The van der Waals surface area contributed by atoms with Gasteiger partial charge in [-0.1, -0.05) is 36.2 Å². The Kier molecular flexibility index (Phi) is 6.53. The molecule has 22 heavy (non-hydrogen) atoms. The van der Waals surface area contributed by atoms with Crippen LogP contribution in [-0.2, 0) is 16.4 Å². The molecule has 0 N–H and O–H groups in total. The summed E-state index contributed by atoms with van der Waals surface area (Å²) in [6, 6.07) is 5.55. The molecule has 0 unspecified atom stereocenters. The van der Waals surface area contributed by atoms with Gasteiger partial charge in [0.05, 0.1) is 5.75 Å². The lowest BCUT2D eigenvalue weighted by atomic mass is 10.1. The zero-order chi connectivity index (χ0) is 16.2. The van der Waals surface area contributed by atoms with Crippen LogP contribution in [-0.4, -0.2) is 56.1 Å². The molecule has 0 spiro atoms. The lowest BCUT2D eigenvalue weighted by Gasteiger charge is -2.34. The first kappa shape index (κ1) is 18.0. The van der Waals surface area contributed by atoms with Crippen LogP contribution in [0.15, 0.2) is 18.2 Å². The Morgan fingerprint density at radius 3 is 2.41 bits per heavy atom. The van der Waals surface area contributed by atoms with Crippen LogP contribution >= 0.6 is 23.2 Å². The fraction of sp³-hybridized carbons (Fsp3) is 0.600. The number of hydrogen-bond acceptors (Lipinski definition) is 3. The van der Waals surface area contributed by atoms with Crippen LogP contribution in [0.3, 0.4) is 0 Å². The van der Waals surface area contributed by atoms with Gasteiger partial charge in [0, 0.05) is 42.8 Å². The van der Waals surface area contributed by atoms with E-state index in [2.05, 4.69) is 4.90 Å². The monoisotopic (exact) mass is 364 g/mol. The summed E-state index contributed by atoms with van der Waals surface area (Å²) in [5.41, 5.74) is 1.08. The van der Waals surface area contributed by atoms with Crippen molar-refractivity contribution in [2.45, 2.75) is 19.8 Å². The van der Waals surface area contributed by atoms with Crippen LogP contribution in [0.4, 0.5) is 0 Å². The number of sulfonamides is 1. The van der Waals surface area contributed by atoms with Crippen LogP contribution in [0.25, 0.3) is 0 Å². The molecular weight excluding hydrogens is 343 g/mol. The molecule has 7 heteroatoms. The molecule has 1 aliphatic heterocycles. The number of halogens is 2. The Bertz CT molecular complexity index is 600. The molecule has 1 aromatic rings. The third-order valence-corrected chi connectivity index (χ3v) is 6.56. The first-order chi connectivity index (χ1) is 10.4. The van der Waals surface area contributed by atoms with Gasteiger partial charge in [-0.25, -0.2) is 8.42 Å². The molecule has 0 amide bonds. The van der Waals surface area contributed by atoms with E-state index < -0.39 is 10.0 Å². The maximum Gasteiger partial charge on any atom is 0.214 e. The van der Waals surface area contributed by atoms with E-state index in [1.54, 1.807) is 10.4 Å². The average Bonchev–Trinajstić information content (AvgIpc) is 2.47. The molecule has 4 nitrogen and oxygen atoms in total. The van der Waals surface area contributed by atoms with Gasteiger partial charge in [0.15, 0.2) is 0 Å². The smallest absolute Gasteiger partial charge is 0.214 e. The fourth-order valence-electron chi connectivity index (χ4n) is 2.62. The van der Waals surface area contributed by atoms with Crippen molar-refractivity contribution in [3.05, 3.63) is 33.8 Å². The maximum atomic E-state index is 12.0. The van der Waals surface area contributed by atoms with Gasteiger partial charge < -0.3 is 4.90 Å². The summed E-state index contributed by atoms with van der Waals surface area (Å²) in [6.07, 6.45) is 1.51. The molecule has 0 bridgehead atoms. The lowest BCUT2D eigenvalue weighted by molar-refractivity contribution is 0.190. The normalized spacial score (nSPS) is 17.8. The first-order valence-electron chi connectivity index (χ1n) is 7.56. The second-order valence-electron chi connectivity index (χ2n) is 5.54. The Morgan fingerprint density at radius 2 is 1.82 bits per heavy atom. The Balaban J connectivity index is 1.83. The highest BCUT2D eigenvalue weighted by molar-refractivity contribution is 7.89. The van der Waals surface area contributed by atoms with E-state index in [9.17, 15) is 8.42 Å². The number of benzene rings is 1. The van der Waals surface area contributed by atoms with Crippen molar-refractivity contribution < 1.29 is 8.42 Å². The third kappa shape index (κ3) is 4.83. The molecule has 1 aromatic carbocycles. The molecule has 124 valence electrons. The summed E-state index contributed by atoms with van der Waals surface area (Å²) in [5.74, 6) is 0.243. The molecule has 2 rings (SSSR count). The minimum absolute atomic E-state index is 0.243. The van der Waals surface area contributed by atoms with Crippen LogP contribution in [0.1, 0.15) is 18.9 Å². The van der Waals surface area contributed by atoms with Crippen LogP contribution in [0.5, 0.6) is 0 Å². The SMILES string of the molecule is CCCS(=O)(=O)N1CCN(CCc2ccc(Cl)cc2Cl)CC1. The summed E-state index contributed by atoms with van der Waals surface area (Å²) in [7, 11) is -3.06. The first-order valence-corrected chi connectivity index (χ1v) is 9.93. The quantitative estimate of drug-likeness (QED) is 0.778. The summed E-state index contributed by atoms with van der Waals surface area (Å²) in [4.78, 5) is 2.28. The Labute approximate surface area is 143 Å². The van der Waals surface area contributed by atoms with Gasteiger partial charge in [0.1, 0.15) is 0 Å². The molecular formula is C15H22Cl2N2O2S. The van der Waals surface area contributed by atoms with Gasteiger partial charge in [0.25, 0.3) is 0 Å². The van der Waals surface area contributed by atoms with Gasteiger partial charge in [-0.05, 0) is 30.5 Å². The Morgan fingerprint density at radius 1 is 1.14 bits per heavy atom. The van der Waals surface area contributed by atoms with E-state index in [-0.39, 0.29) is 5.75 Å². The maximum absolute atomic E-state index is 12.0. The number of rotatable bonds is 6. The van der Waals surface area contributed by atoms with Crippen molar-refractivity contribution in [3.63, 3.8) is 0 Å². The third-order valence-electron chi connectivity index (χ3n) is 3.90. The van der Waals surface area contributed by atoms with Gasteiger partial charge >= 0.3 is 0 Å². The summed E-state index contributed by atoms with van der Waals surface area (Å²) in [5, 5.41) is 1.33. The topological polar surface area (TPSA) is 40.6 Å². The van der Waals surface area contributed by atoms with Crippen molar-refractivity contribution in [1.29, 1.82) is 0 Å². The second kappa shape index (κ2) is 7.97. The number of hydrogen-bond donors (Lipinski definition) is 0. The molecule has 0 atom stereocenters. The second-order valence-corrected chi connectivity index (χ2v) is 8.47. The molecule has 1 aliphatic rings. The minimum atomic E-state index is -3.06. The van der Waals surface area contributed by atoms with E-state index in [4.69, 9.17) is 23.2 Å². The minimum Gasteiger partial charge on any atom is -0.300 e. The standard InChI is InChI=1S/C15H22Cl2N2O2S/c1-2-11-22(20,21)19-9-7-18(8-10-19)6-5-13-3-4-14(16)12-15(13)17/h3-4,12H,2,5-11H2,1H3. The highest BCUT2D eigenvalue weighted by Crippen LogP contribution is 2.21. The molecule has 1 heterocycles. The Hall–Kier alpha value is -0.330. The van der Waals surface area contributed by atoms with Crippen LogP contribution in [0, 0.1) is 0 Å². The van der Waals surface area contributed by atoms with Crippen molar-refractivity contribution in [2.24, 2.45) is 0 Å². The number of piperazine rings is 1. The van der Waals surface area contributed by atoms with Crippen molar-refractivity contribution in [3.8, 4) is 0 Å². The van der Waals surface area contributed by atoms with Crippen LogP contribution < -0.4 is 0 Å². The van der Waals surface area contributed by atoms with Gasteiger partial charge in [0.2, 0.25) is 10.0 Å². The summed E-state index contributed by atoms with van der Waals surface area (Å²) < 4.78 is 25.7. The van der Waals surface area contributed by atoms with E-state index >= 15 is 0 Å². The lowest BCUT2D eigenvalue weighted by Crippen LogP contribution is -2.49. The predicted molar refractivity (Wildman–Crippen MR) is 92.3 cm³/mol. The van der Waals surface area contributed by atoms with Gasteiger partial charge in [-0.3, -0.25) is 0 Å². The molecule has 1 saturated heterocycles. The van der Waals surface area contributed by atoms with Crippen LogP contribution in [0.2, 0.25) is 10.0 Å². The molecule has 0 radical (unpaired) electrons. The average molecular weight is 365 g/mol. The summed E-state index contributed by atoms with van der Waals surface area (Å²) >= 11 is 12.1.